The minimum Gasteiger partial charge on any atom is -0.486 e. The number of carbonyl (C=O) groups is 1. The topological polar surface area (TPSA) is 26.3 Å². The minimum absolute atomic E-state index is 0.137. The highest BCUT2D eigenvalue weighted by molar-refractivity contribution is 9.10. The van der Waals surface area contributed by atoms with Crippen molar-refractivity contribution >= 4 is 21.7 Å². The van der Waals surface area contributed by atoms with E-state index in [4.69, 9.17) is 4.74 Å². The highest BCUT2D eigenvalue weighted by Crippen LogP contribution is 2.46. The summed E-state index contributed by atoms with van der Waals surface area (Å²) in [5.74, 6) is -1.98. The van der Waals surface area contributed by atoms with Crippen molar-refractivity contribution in [3.8, 4) is 5.75 Å². The van der Waals surface area contributed by atoms with Gasteiger partial charge in [-0.1, -0.05) is 29.8 Å². The third-order valence-electron chi connectivity index (χ3n) is 4.03. The Morgan fingerprint density at radius 1 is 1.37 bits per heavy atom. The molecule has 0 aliphatic heterocycles. The molecule has 19 heavy (non-hydrogen) atoms. The van der Waals surface area contributed by atoms with E-state index in [2.05, 4.69) is 15.9 Å². The molecule has 104 valence electrons. The van der Waals surface area contributed by atoms with E-state index < -0.39 is 17.0 Å². The summed E-state index contributed by atoms with van der Waals surface area (Å²) in [6.07, 6.45) is 1.17. The molecule has 0 heterocycles. The molecule has 1 atom stereocenters. The first-order valence-electron chi connectivity index (χ1n) is 6.29. The minimum atomic E-state index is -1.01. The third kappa shape index (κ3) is 2.29. The van der Waals surface area contributed by atoms with Crippen LogP contribution in [0.25, 0.3) is 0 Å². The van der Waals surface area contributed by atoms with Gasteiger partial charge in [-0.2, -0.15) is 4.39 Å². The fraction of sp³-hybridized carbons (Fsp3) is 0.500. The van der Waals surface area contributed by atoms with Gasteiger partial charge in [0.1, 0.15) is 11.9 Å². The van der Waals surface area contributed by atoms with Gasteiger partial charge in [0.15, 0.2) is 11.6 Å². The number of ether oxygens (including phenoxy) is 1. The number of Topliss-reactive ketones (excluding diaryl/α,β-unsaturated/α-hetero) is 1. The van der Waals surface area contributed by atoms with Gasteiger partial charge in [-0.25, -0.2) is 4.39 Å². The summed E-state index contributed by atoms with van der Waals surface area (Å²) in [6, 6.07) is 2.43. The first-order valence-corrected chi connectivity index (χ1v) is 7.08. The maximum atomic E-state index is 13.7. The van der Waals surface area contributed by atoms with E-state index in [-0.39, 0.29) is 24.1 Å². The molecule has 1 aliphatic carbocycles. The van der Waals surface area contributed by atoms with E-state index in [0.29, 0.717) is 17.3 Å². The zero-order chi connectivity index (χ0) is 14.2. The molecular weight excluding hydrogens is 318 g/mol. The maximum absolute atomic E-state index is 13.7. The predicted molar refractivity (Wildman–Crippen MR) is 71.1 cm³/mol. The molecule has 1 unspecified atom stereocenters. The molecule has 5 heteroatoms. The van der Waals surface area contributed by atoms with Gasteiger partial charge in [0.05, 0.1) is 5.41 Å². The monoisotopic (exact) mass is 332 g/mol. The summed E-state index contributed by atoms with van der Waals surface area (Å²) in [6.45, 7) is 3.82. The van der Waals surface area contributed by atoms with Crippen LogP contribution in [-0.4, -0.2) is 11.9 Å². The fourth-order valence-electron chi connectivity index (χ4n) is 2.64. The summed E-state index contributed by atoms with van der Waals surface area (Å²) < 4.78 is 32.9. The molecular formula is C14H15BrF2O2. The van der Waals surface area contributed by atoms with Gasteiger partial charge in [-0.15, -0.1) is 0 Å². The fourth-order valence-corrected chi connectivity index (χ4v) is 3.05. The molecule has 1 saturated carbocycles. The van der Waals surface area contributed by atoms with Crippen molar-refractivity contribution in [1.82, 2.24) is 0 Å². The molecule has 1 aromatic carbocycles. The van der Waals surface area contributed by atoms with Gasteiger partial charge in [-0.05, 0) is 25.0 Å². The van der Waals surface area contributed by atoms with Gasteiger partial charge < -0.3 is 4.74 Å². The van der Waals surface area contributed by atoms with Crippen molar-refractivity contribution in [3.63, 3.8) is 0 Å². The Bertz CT molecular complexity index is 512. The molecule has 1 aliphatic rings. The van der Waals surface area contributed by atoms with E-state index in [1.165, 1.54) is 6.07 Å². The lowest BCUT2D eigenvalue weighted by atomic mass is 9.61. The van der Waals surface area contributed by atoms with Crippen molar-refractivity contribution < 1.29 is 18.3 Å². The number of ketones is 1. The smallest absolute Gasteiger partial charge is 0.200 e. The van der Waals surface area contributed by atoms with E-state index in [1.807, 2.05) is 13.8 Å². The molecule has 1 fully saturated rings. The number of halogens is 3. The van der Waals surface area contributed by atoms with Gasteiger partial charge in [0.25, 0.3) is 0 Å². The number of carbonyl (C=O) groups excluding carboxylic acids is 1. The van der Waals surface area contributed by atoms with Crippen LogP contribution in [0.15, 0.2) is 16.6 Å². The Balaban J connectivity index is 2.26. The Morgan fingerprint density at radius 3 is 2.53 bits per heavy atom. The first-order chi connectivity index (χ1) is 8.94. The number of rotatable bonds is 4. The summed E-state index contributed by atoms with van der Waals surface area (Å²) >= 11 is 3.10. The largest absolute Gasteiger partial charge is 0.486 e. The molecule has 1 aromatic rings. The summed E-state index contributed by atoms with van der Waals surface area (Å²) in [7, 11) is 0. The van der Waals surface area contributed by atoms with Gasteiger partial charge >= 0.3 is 0 Å². The van der Waals surface area contributed by atoms with Crippen LogP contribution in [0.5, 0.6) is 5.75 Å². The second-order valence-corrected chi connectivity index (χ2v) is 5.71. The van der Waals surface area contributed by atoms with Gasteiger partial charge in [0, 0.05) is 10.9 Å². The maximum Gasteiger partial charge on any atom is 0.200 e. The zero-order valence-corrected chi connectivity index (χ0v) is 12.4. The van der Waals surface area contributed by atoms with Crippen molar-refractivity contribution in [2.75, 3.05) is 0 Å². The summed E-state index contributed by atoms with van der Waals surface area (Å²) in [5, 5.41) is 0. The second kappa shape index (κ2) is 5.19. The number of hydrogen-bond donors (Lipinski definition) is 0. The standard InChI is InChI=1S/C14H15BrF2O2/c1-3-14(4-2)11(18)7-12(14)19-10-6-8(15)5-9(16)13(10)17/h5-6,12H,3-4,7H2,1-2H3. The van der Waals surface area contributed by atoms with Crippen LogP contribution >= 0.6 is 15.9 Å². The summed E-state index contributed by atoms with van der Waals surface area (Å²) in [5.41, 5.74) is -0.550. The van der Waals surface area contributed by atoms with Crippen LogP contribution in [0.4, 0.5) is 8.78 Å². The van der Waals surface area contributed by atoms with Crippen LogP contribution in [0.1, 0.15) is 33.1 Å². The Hall–Kier alpha value is -0.970. The number of benzene rings is 1. The average Bonchev–Trinajstić information content (AvgIpc) is 2.36. The van der Waals surface area contributed by atoms with Crippen molar-refractivity contribution in [3.05, 3.63) is 28.2 Å². The molecule has 0 bridgehead atoms. The van der Waals surface area contributed by atoms with E-state index in [0.717, 1.165) is 6.07 Å². The SMILES string of the molecule is CCC1(CC)C(=O)CC1Oc1cc(Br)cc(F)c1F. The molecule has 0 spiro atoms. The van der Waals surface area contributed by atoms with Crippen molar-refractivity contribution in [2.45, 2.75) is 39.2 Å². The van der Waals surface area contributed by atoms with E-state index in [1.54, 1.807) is 0 Å². The normalized spacial score (nSPS) is 21.1. The molecule has 2 nitrogen and oxygen atoms in total. The predicted octanol–water partition coefficient (Wildman–Crippen LogP) is 4.25. The lowest BCUT2D eigenvalue weighted by molar-refractivity contribution is -0.153. The highest BCUT2D eigenvalue weighted by Gasteiger charge is 2.54. The van der Waals surface area contributed by atoms with Crippen LogP contribution in [0, 0.1) is 17.0 Å². The molecule has 0 radical (unpaired) electrons. The lowest BCUT2D eigenvalue weighted by Crippen LogP contribution is -2.56. The van der Waals surface area contributed by atoms with Crippen molar-refractivity contribution in [1.29, 1.82) is 0 Å². The lowest BCUT2D eigenvalue weighted by Gasteiger charge is -2.46. The second-order valence-electron chi connectivity index (χ2n) is 4.80. The quantitative estimate of drug-likeness (QED) is 0.770. The first kappa shape index (κ1) is 14.4. The van der Waals surface area contributed by atoms with Crippen LogP contribution < -0.4 is 4.74 Å². The van der Waals surface area contributed by atoms with Gasteiger partial charge in [0.2, 0.25) is 5.82 Å². The third-order valence-corrected chi connectivity index (χ3v) is 4.49. The van der Waals surface area contributed by atoms with E-state index in [9.17, 15) is 13.6 Å². The molecule has 0 amide bonds. The molecule has 0 N–H and O–H groups in total. The Kier molecular flexibility index (Phi) is 3.95. The van der Waals surface area contributed by atoms with Crippen LogP contribution in [0.3, 0.4) is 0 Å². The van der Waals surface area contributed by atoms with E-state index >= 15 is 0 Å². The average molecular weight is 333 g/mol. The highest BCUT2D eigenvalue weighted by atomic mass is 79.9. The Labute approximate surface area is 119 Å². The Morgan fingerprint density at radius 2 is 2.00 bits per heavy atom. The van der Waals surface area contributed by atoms with Gasteiger partial charge in [-0.3, -0.25) is 4.79 Å². The molecule has 0 aromatic heterocycles. The number of hydrogen-bond acceptors (Lipinski definition) is 2. The summed E-state index contributed by atoms with van der Waals surface area (Å²) in [4.78, 5) is 11.8. The molecule has 0 saturated heterocycles. The van der Waals surface area contributed by atoms with Crippen LogP contribution in [-0.2, 0) is 4.79 Å². The zero-order valence-electron chi connectivity index (χ0n) is 10.8. The molecule has 2 rings (SSSR count). The van der Waals surface area contributed by atoms with Crippen molar-refractivity contribution in [2.24, 2.45) is 5.41 Å². The van der Waals surface area contributed by atoms with Crippen LogP contribution in [0.2, 0.25) is 0 Å².